The lowest BCUT2D eigenvalue weighted by Gasteiger charge is -2.14. The van der Waals surface area contributed by atoms with Gasteiger partial charge in [-0.15, -0.1) is 11.3 Å². The van der Waals surface area contributed by atoms with E-state index in [-0.39, 0.29) is 5.91 Å². The Labute approximate surface area is 152 Å². The molecule has 1 aromatic heterocycles. The quantitative estimate of drug-likeness (QED) is 0.714. The number of nitrogens with one attached hydrogen (secondary N) is 1. The van der Waals surface area contributed by atoms with Crippen molar-refractivity contribution in [3.05, 3.63) is 82.0 Å². The van der Waals surface area contributed by atoms with Gasteiger partial charge in [-0.3, -0.25) is 4.79 Å². The summed E-state index contributed by atoms with van der Waals surface area (Å²) in [5.41, 5.74) is 4.45. The molecule has 3 nitrogen and oxygen atoms in total. The minimum absolute atomic E-state index is 0.0199. The maximum Gasteiger partial charge on any atom is 0.262 e. The molecule has 0 unspecified atom stereocenters. The van der Waals surface area contributed by atoms with E-state index in [0.29, 0.717) is 6.54 Å². The van der Waals surface area contributed by atoms with E-state index in [1.54, 1.807) is 0 Å². The monoisotopic (exact) mass is 350 g/mol. The third-order valence-corrected chi connectivity index (χ3v) is 4.91. The zero-order valence-electron chi connectivity index (χ0n) is 14.5. The average molecular weight is 350 g/mol. The van der Waals surface area contributed by atoms with Crippen molar-refractivity contribution in [2.24, 2.45) is 0 Å². The Morgan fingerprint density at radius 3 is 2.36 bits per heavy atom. The van der Waals surface area contributed by atoms with Gasteiger partial charge in [0, 0.05) is 18.7 Å². The molecule has 0 atom stereocenters. The van der Waals surface area contributed by atoms with E-state index in [9.17, 15) is 4.79 Å². The molecule has 0 bridgehead atoms. The van der Waals surface area contributed by atoms with Crippen LogP contribution in [0.4, 0.5) is 0 Å². The zero-order chi connectivity index (χ0) is 17.6. The molecular formula is C21H22N2OS. The largest absolute Gasteiger partial charge is 0.347 e. The SMILES string of the molecule is CN(C)Cc1ccccc1CNC(=O)c1sccc1-c1ccccc1. The van der Waals surface area contributed by atoms with Gasteiger partial charge in [-0.2, -0.15) is 0 Å². The Morgan fingerprint density at radius 2 is 1.64 bits per heavy atom. The first kappa shape index (κ1) is 17.4. The van der Waals surface area contributed by atoms with Crippen LogP contribution in [0.2, 0.25) is 0 Å². The highest BCUT2D eigenvalue weighted by Gasteiger charge is 2.14. The molecule has 3 rings (SSSR count). The topological polar surface area (TPSA) is 32.3 Å². The van der Waals surface area contributed by atoms with Crippen LogP contribution in [0.3, 0.4) is 0 Å². The molecule has 1 N–H and O–H groups in total. The molecule has 25 heavy (non-hydrogen) atoms. The standard InChI is InChI=1S/C21H22N2OS/c1-23(2)15-18-11-7-6-10-17(18)14-22-21(24)20-19(12-13-25-20)16-8-4-3-5-9-16/h3-13H,14-15H2,1-2H3,(H,22,24). The Hall–Kier alpha value is -2.43. The van der Waals surface area contributed by atoms with Crippen molar-refractivity contribution in [2.45, 2.75) is 13.1 Å². The van der Waals surface area contributed by atoms with Crippen LogP contribution in [-0.4, -0.2) is 24.9 Å². The van der Waals surface area contributed by atoms with Gasteiger partial charge in [0.2, 0.25) is 0 Å². The maximum absolute atomic E-state index is 12.7. The Balaban J connectivity index is 1.74. The van der Waals surface area contributed by atoms with Gasteiger partial charge in [0.15, 0.2) is 0 Å². The van der Waals surface area contributed by atoms with Gasteiger partial charge in [-0.05, 0) is 42.2 Å². The van der Waals surface area contributed by atoms with Crippen molar-refractivity contribution in [3.63, 3.8) is 0 Å². The van der Waals surface area contributed by atoms with Gasteiger partial charge in [0.25, 0.3) is 5.91 Å². The number of hydrogen-bond acceptors (Lipinski definition) is 3. The van der Waals surface area contributed by atoms with Crippen molar-refractivity contribution in [3.8, 4) is 11.1 Å². The van der Waals surface area contributed by atoms with Gasteiger partial charge in [0.1, 0.15) is 0 Å². The Kier molecular flexibility index (Phi) is 5.64. The van der Waals surface area contributed by atoms with Gasteiger partial charge >= 0.3 is 0 Å². The number of carbonyl (C=O) groups is 1. The van der Waals surface area contributed by atoms with Gasteiger partial charge in [-0.25, -0.2) is 0 Å². The van der Waals surface area contributed by atoms with E-state index in [2.05, 4.69) is 22.3 Å². The van der Waals surface area contributed by atoms with Gasteiger partial charge in [-0.1, -0.05) is 54.6 Å². The van der Waals surface area contributed by atoms with Crippen LogP contribution in [0.1, 0.15) is 20.8 Å². The molecule has 4 heteroatoms. The summed E-state index contributed by atoms with van der Waals surface area (Å²) in [5, 5.41) is 5.05. The van der Waals surface area contributed by atoms with Crippen LogP contribution >= 0.6 is 11.3 Å². The van der Waals surface area contributed by atoms with Crippen LogP contribution in [0.15, 0.2) is 66.0 Å². The molecule has 0 fully saturated rings. The molecule has 0 saturated heterocycles. The number of amides is 1. The second-order valence-corrected chi connectivity index (χ2v) is 7.13. The minimum Gasteiger partial charge on any atom is -0.347 e. The van der Waals surface area contributed by atoms with Crippen LogP contribution in [-0.2, 0) is 13.1 Å². The normalized spacial score (nSPS) is 10.8. The van der Waals surface area contributed by atoms with Gasteiger partial charge in [0.05, 0.1) is 4.88 Å². The smallest absolute Gasteiger partial charge is 0.262 e. The van der Waals surface area contributed by atoms with E-state index in [1.165, 1.54) is 16.9 Å². The first-order valence-corrected chi connectivity index (χ1v) is 9.15. The van der Waals surface area contributed by atoms with Crippen molar-refractivity contribution in [2.75, 3.05) is 14.1 Å². The number of thiophene rings is 1. The van der Waals surface area contributed by atoms with Crippen LogP contribution in [0, 0.1) is 0 Å². The van der Waals surface area contributed by atoms with Crippen molar-refractivity contribution in [1.29, 1.82) is 0 Å². The lowest BCUT2D eigenvalue weighted by Crippen LogP contribution is -2.23. The highest BCUT2D eigenvalue weighted by molar-refractivity contribution is 7.12. The average Bonchev–Trinajstić information content (AvgIpc) is 3.11. The fourth-order valence-electron chi connectivity index (χ4n) is 2.81. The molecule has 128 valence electrons. The lowest BCUT2D eigenvalue weighted by atomic mass is 10.1. The molecule has 0 saturated carbocycles. The highest BCUT2D eigenvalue weighted by atomic mass is 32.1. The third-order valence-electron chi connectivity index (χ3n) is 4.00. The molecular weight excluding hydrogens is 328 g/mol. The predicted octanol–water partition coefficient (Wildman–Crippen LogP) is 4.41. The fourth-order valence-corrected chi connectivity index (χ4v) is 3.64. The minimum atomic E-state index is -0.0199. The number of hydrogen-bond donors (Lipinski definition) is 1. The summed E-state index contributed by atoms with van der Waals surface area (Å²) in [4.78, 5) is 15.6. The molecule has 1 heterocycles. The molecule has 0 aliphatic heterocycles. The van der Waals surface area contributed by atoms with Crippen LogP contribution in [0.25, 0.3) is 11.1 Å². The van der Waals surface area contributed by atoms with Crippen LogP contribution < -0.4 is 5.32 Å². The Morgan fingerprint density at radius 1 is 0.960 bits per heavy atom. The van der Waals surface area contributed by atoms with E-state index >= 15 is 0 Å². The van der Waals surface area contributed by atoms with E-state index < -0.39 is 0 Å². The summed E-state index contributed by atoms with van der Waals surface area (Å²) < 4.78 is 0. The van der Waals surface area contributed by atoms with Crippen molar-refractivity contribution < 1.29 is 4.79 Å². The summed E-state index contributed by atoms with van der Waals surface area (Å²) in [7, 11) is 4.10. The number of nitrogens with zero attached hydrogens (tertiary/aromatic N) is 1. The molecule has 3 aromatic rings. The summed E-state index contributed by atoms with van der Waals surface area (Å²) in [6.45, 7) is 1.40. The fraction of sp³-hybridized carbons (Fsp3) is 0.190. The summed E-state index contributed by atoms with van der Waals surface area (Å²) in [6.07, 6.45) is 0. The summed E-state index contributed by atoms with van der Waals surface area (Å²) >= 11 is 1.48. The number of carbonyl (C=O) groups excluding carboxylic acids is 1. The number of rotatable bonds is 6. The van der Waals surface area contributed by atoms with Crippen molar-refractivity contribution >= 4 is 17.2 Å². The van der Waals surface area contributed by atoms with Gasteiger partial charge < -0.3 is 10.2 Å². The molecule has 0 aliphatic carbocycles. The molecule has 0 radical (unpaired) electrons. The molecule has 2 aromatic carbocycles. The van der Waals surface area contributed by atoms with E-state index in [1.807, 2.05) is 68.0 Å². The van der Waals surface area contributed by atoms with Crippen molar-refractivity contribution in [1.82, 2.24) is 10.2 Å². The second-order valence-electron chi connectivity index (χ2n) is 6.22. The maximum atomic E-state index is 12.7. The Bertz CT molecular complexity index is 840. The molecule has 1 amide bonds. The molecule has 0 aliphatic rings. The summed E-state index contributed by atoms with van der Waals surface area (Å²) in [6, 6.07) is 20.3. The van der Waals surface area contributed by atoms with Crippen LogP contribution in [0.5, 0.6) is 0 Å². The first-order valence-electron chi connectivity index (χ1n) is 8.28. The molecule has 0 spiro atoms. The number of benzene rings is 2. The first-order chi connectivity index (χ1) is 12.1. The summed E-state index contributed by atoms with van der Waals surface area (Å²) in [5.74, 6) is -0.0199. The van der Waals surface area contributed by atoms with E-state index in [0.717, 1.165) is 28.1 Å². The third kappa shape index (κ3) is 4.35. The second kappa shape index (κ2) is 8.10. The highest BCUT2D eigenvalue weighted by Crippen LogP contribution is 2.28. The van der Waals surface area contributed by atoms with E-state index in [4.69, 9.17) is 0 Å². The predicted molar refractivity (Wildman–Crippen MR) is 105 cm³/mol. The lowest BCUT2D eigenvalue weighted by molar-refractivity contribution is 0.0955. The zero-order valence-corrected chi connectivity index (χ0v) is 15.3.